The molecule has 0 unspecified atom stereocenters. The molecule has 7 nitrogen and oxygen atoms in total. The molecule has 1 saturated carbocycles. The maximum atomic E-state index is 13.2. The number of pyridine rings is 1. The van der Waals surface area contributed by atoms with Crippen molar-refractivity contribution in [3.8, 4) is 0 Å². The molecule has 0 radical (unpaired) electrons. The first kappa shape index (κ1) is 18.5. The molecule has 1 N–H and O–H groups in total. The van der Waals surface area contributed by atoms with Gasteiger partial charge >= 0.3 is 0 Å². The molecule has 1 aliphatic heterocycles. The van der Waals surface area contributed by atoms with Crippen LogP contribution in [-0.4, -0.2) is 43.2 Å². The van der Waals surface area contributed by atoms with E-state index in [0.29, 0.717) is 6.04 Å². The number of benzene rings is 1. The maximum Gasteiger partial charge on any atom is 0.253 e. The minimum absolute atomic E-state index is 0.0436. The molecule has 0 bridgehead atoms. The van der Waals surface area contributed by atoms with Crippen LogP contribution in [0.25, 0.3) is 10.9 Å². The molecule has 1 aliphatic carbocycles. The summed E-state index contributed by atoms with van der Waals surface area (Å²) in [6.45, 7) is 4.01. The Morgan fingerprint density at radius 2 is 1.86 bits per heavy atom. The van der Waals surface area contributed by atoms with Gasteiger partial charge < -0.3 is 4.98 Å². The summed E-state index contributed by atoms with van der Waals surface area (Å²) in [6, 6.07) is 8.32. The Hall–Kier alpha value is -2.54. The summed E-state index contributed by atoms with van der Waals surface area (Å²) in [7, 11) is 0. The van der Waals surface area contributed by atoms with E-state index in [1.807, 2.05) is 22.9 Å². The summed E-state index contributed by atoms with van der Waals surface area (Å²) in [4.78, 5) is 18.7. The number of nitrogens with zero attached hydrogens (tertiary/aromatic N) is 5. The summed E-state index contributed by atoms with van der Waals surface area (Å²) in [5.41, 5.74) is 2.76. The molecule has 1 aromatic carbocycles. The van der Waals surface area contributed by atoms with Gasteiger partial charge in [-0.05, 0) is 79.7 Å². The molecule has 1 saturated heterocycles. The summed E-state index contributed by atoms with van der Waals surface area (Å²) in [5, 5.41) is 13.9. The number of tetrazole rings is 1. The Morgan fingerprint density at radius 3 is 2.66 bits per heavy atom. The summed E-state index contributed by atoms with van der Waals surface area (Å²) < 4.78 is 2.01. The Balaban J connectivity index is 1.65. The molecule has 0 amide bonds. The van der Waals surface area contributed by atoms with E-state index in [1.54, 1.807) is 0 Å². The van der Waals surface area contributed by atoms with Gasteiger partial charge in [0, 0.05) is 11.1 Å². The molecule has 2 fully saturated rings. The lowest BCUT2D eigenvalue weighted by Gasteiger charge is -2.34. The van der Waals surface area contributed by atoms with Gasteiger partial charge in [0.05, 0.1) is 6.04 Å². The van der Waals surface area contributed by atoms with E-state index in [-0.39, 0.29) is 11.6 Å². The van der Waals surface area contributed by atoms with E-state index in [2.05, 4.69) is 38.4 Å². The molecule has 0 spiro atoms. The molecule has 3 aromatic rings. The van der Waals surface area contributed by atoms with E-state index < -0.39 is 0 Å². The molecule has 7 heteroatoms. The topological polar surface area (TPSA) is 79.7 Å². The van der Waals surface area contributed by atoms with Crippen LogP contribution in [-0.2, 0) is 0 Å². The highest BCUT2D eigenvalue weighted by Gasteiger charge is 2.33. The van der Waals surface area contributed by atoms with Crippen LogP contribution in [0.2, 0.25) is 0 Å². The van der Waals surface area contributed by atoms with Gasteiger partial charge in [-0.15, -0.1) is 5.10 Å². The normalized spacial score (nSPS) is 19.8. The van der Waals surface area contributed by atoms with Gasteiger partial charge in [0.1, 0.15) is 6.04 Å². The molecule has 152 valence electrons. The van der Waals surface area contributed by atoms with Crippen molar-refractivity contribution in [2.24, 2.45) is 0 Å². The minimum Gasteiger partial charge on any atom is -0.322 e. The Kier molecular flexibility index (Phi) is 4.91. The van der Waals surface area contributed by atoms with Gasteiger partial charge in [-0.3, -0.25) is 9.69 Å². The average Bonchev–Trinajstić information content (AvgIpc) is 3.41. The lowest BCUT2D eigenvalue weighted by atomic mass is 9.99. The molecule has 29 heavy (non-hydrogen) atoms. The second kappa shape index (κ2) is 7.71. The van der Waals surface area contributed by atoms with Crippen molar-refractivity contribution in [1.29, 1.82) is 0 Å². The number of aromatic amines is 1. The molecule has 2 aromatic heterocycles. The largest absolute Gasteiger partial charge is 0.322 e. The molecule has 5 rings (SSSR count). The predicted molar refractivity (Wildman–Crippen MR) is 112 cm³/mol. The number of hydrogen-bond donors (Lipinski definition) is 1. The van der Waals surface area contributed by atoms with Crippen LogP contribution in [0.1, 0.15) is 74.0 Å². The molecule has 1 atom stereocenters. The van der Waals surface area contributed by atoms with Crippen molar-refractivity contribution < 1.29 is 0 Å². The van der Waals surface area contributed by atoms with Gasteiger partial charge in [0.2, 0.25) is 0 Å². The monoisotopic (exact) mass is 392 g/mol. The van der Waals surface area contributed by atoms with E-state index in [4.69, 9.17) is 0 Å². The number of piperidine rings is 1. The lowest BCUT2D eigenvalue weighted by Crippen LogP contribution is -2.38. The smallest absolute Gasteiger partial charge is 0.253 e. The van der Waals surface area contributed by atoms with Gasteiger partial charge in [-0.2, -0.15) is 0 Å². The van der Waals surface area contributed by atoms with Crippen molar-refractivity contribution in [1.82, 2.24) is 30.1 Å². The summed E-state index contributed by atoms with van der Waals surface area (Å²) in [5.74, 6) is 0.816. The van der Waals surface area contributed by atoms with Crippen molar-refractivity contribution in [3.05, 3.63) is 51.6 Å². The quantitative estimate of drug-likeness (QED) is 0.735. The number of aromatic nitrogens is 5. The van der Waals surface area contributed by atoms with Crippen LogP contribution in [0, 0.1) is 6.92 Å². The number of hydrogen-bond acceptors (Lipinski definition) is 5. The van der Waals surface area contributed by atoms with E-state index in [0.717, 1.165) is 61.1 Å². The Bertz CT molecular complexity index is 1060. The summed E-state index contributed by atoms with van der Waals surface area (Å²) >= 11 is 0. The van der Waals surface area contributed by atoms with Crippen molar-refractivity contribution in [3.63, 3.8) is 0 Å². The fraction of sp³-hybridized carbons (Fsp3) is 0.545. The third-order valence-electron chi connectivity index (χ3n) is 6.51. The number of aryl methyl sites for hydroxylation is 1. The standard InChI is InChI=1S/C22H28N6O/c1-15-9-10-19-16(13-15)14-18(22(29)23-19)20(27-11-5-2-6-12-27)21-24-25-26-28(21)17-7-3-4-8-17/h9-10,13-14,17,20H,2-8,11-12H2,1H3,(H,23,29)/t20-/m0/s1. The maximum absolute atomic E-state index is 13.2. The fourth-order valence-corrected chi connectivity index (χ4v) is 5.01. The van der Waals surface area contributed by atoms with Gasteiger partial charge in [0.25, 0.3) is 5.56 Å². The van der Waals surface area contributed by atoms with Crippen molar-refractivity contribution in [2.45, 2.75) is 64.0 Å². The van der Waals surface area contributed by atoms with E-state index in [9.17, 15) is 4.79 Å². The van der Waals surface area contributed by atoms with Crippen LogP contribution < -0.4 is 5.56 Å². The fourth-order valence-electron chi connectivity index (χ4n) is 5.01. The zero-order valence-electron chi connectivity index (χ0n) is 17.0. The Morgan fingerprint density at radius 1 is 1.07 bits per heavy atom. The van der Waals surface area contributed by atoms with Crippen molar-refractivity contribution >= 4 is 10.9 Å². The van der Waals surface area contributed by atoms with Gasteiger partial charge in [-0.25, -0.2) is 4.68 Å². The second-order valence-corrected chi connectivity index (χ2v) is 8.56. The van der Waals surface area contributed by atoms with Crippen LogP contribution >= 0.6 is 0 Å². The van der Waals surface area contributed by atoms with Crippen LogP contribution in [0.5, 0.6) is 0 Å². The van der Waals surface area contributed by atoms with Crippen LogP contribution in [0.3, 0.4) is 0 Å². The highest BCUT2D eigenvalue weighted by Crippen LogP contribution is 2.34. The average molecular weight is 393 g/mol. The number of H-pyrrole nitrogens is 1. The zero-order chi connectivity index (χ0) is 19.8. The Labute approximate surface area is 170 Å². The summed E-state index contributed by atoms with van der Waals surface area (Å²) in [6.07, 6.45) is 8.18. The van der Waals surface area contributed by atoms with E-state index in [1.165, 1.54) is 24.8 Å². The lowest BCUT2D eigenvalue weighted by molar-refractivity contribution is 0.174. The van der Waals surface area contributed by atoms with E-state index >= 15 is 0 Å². The van der Waals surface area contributed by atoms with Crippen LogP contribution in [0.4, 0.5) is 0 Å². The van der Waals surface area contributed by atoms with Crippen molar-refractivity contribution in [2.75, 3.05) is 13.1 Å². The first-order valence-electron chi connectivity index (χ1n) is 10.9. The number of nitrogens with one attached hydrogen (secondary N) is 1. The first-order chi connectivity index (χ1) is 14.2. The van der Waals surface area contributed by atoms with Crippen LogP contribution in [0.15, 0.2) is 29.1 Å². The third-order valence-corrected chi connectivity index (χ3v) is 6.51. The minimum atomic E-state index is -0.209. The highest BCUT2D eigenvalue weighted by molar-refractivity contribution is 5.79. The molecular formula is C22H28N6O. The first-order valence-corrected chi connectivity index (χ1v) is 10.9. The highest BCUT2D eigenvalue weighted by atomic mass is 16.1. The number of rotatable bonds is 4. The third kappa shape index (κ3) is 3.48. The second-order valence-electron chi connectivity index (χ2n) is 8.56. The molecule has 3 heterocycles. The number of fused-ring (bicyclic) bond motifs is 1. The predicted octanol–water partition coefficient (Wildman–Crippen LogP) is 3.51. The van der Waals surface area contributed by atoms with Gasteiger partial charge in [0.15, 0.2) is 5.82 Å². The molecule has 2 aliphatic rings. The number of likely N-dealkylation sites (tertiary alicyclic amines) is 1. The van der Waals surface area contributed by atoms with Gasteiger partial charge in [-0.1, -0.05) is 30.9 Å². The SMILES string of the molecule is Cc1ccc2[nH]c(=O)c([C@@H](c3nnnn3C3CCCC3)N3CCCCC3)cc2c1. The zero-order valence-corrected chi connectivity index (χ0v) is 17.0. The molecular weight excluding hydrogens is 364 g/mol.